The van der Waals surface area contributed by atoms with Gasteiger partial charge in [0.25, 0.3) is 5.69 Å². The Hall–Kier alpha value is -2.55. The Bertz CT molecular complexity index is 837. The summed E-state index contributed by atoms with van der Waals surface area (Å²) in [5, 5.41) is 10.9. The molecule has 0 spiro atoms. The third-order valence-corrected chi connectivity index (χ3v) is 4.12. The number of non-ortho nitro benzene ring substituents is 1. The third-order valence-electron chi connectivity index (χ3n) is 3.08. The van der Waals surface area contributed by atoms with Gasteiger partial charge in [0.2, 0.25) is 5.91 Å². The number of benzene rings is 1. The summed E-state index contributed by atoms with van der Waals surface area (Å²) in [5.41, 5.74) is 0.532. The van der Waals surface area contributed by atoms with E-state index in [-0.39, 0.29) is 18.1 Å². The van der Waals surface area contributed by atoms with Crippen LogP contribution in [-0.4, -0.2) is 28.5 Å². The fourth-order valence-corrected chi connectivity index (χ4v) is 3.06. The van der Waals surface area contributed by atoms with Gasteiger partial charge < -0.3 is 9.30 Å². The number of fused-ring (bicyclic) bond motifs is 1. The maximum Gasteiger partial charge on any atom is 0.325 e. The van der Waals surface area contributed by atoms with Gasteiger partial charge in [-0.2, -0.15) is 4.99 Å². The number of nitro benzene ring substituents is 1. The van der Waals surface area contributed by atoms with Gasteiger partial charge in [-0.1, -0.05) is 18.3 Å². The standard InChI is InChI=1S/C14H15N3O5S/c1-3-4-12(18)15-14-16(8-13(19)22-2)10-6-5-9(17(20)21)7-11(10)23-14/h5-7H,3-4,8H2,1-2H3. The second-order valence-electron chi connectivity index (χ2n) is 4.71. The van der Waals surface area contributed by atoms with Crippen molar-refractivity contribution in [1.29, 1.82) is 0 Å². The molecule has 122 valence electrons. The number of rotatable bonds is 5. The molecule has 0 N–H and O–H groups in total. The van der Waals surface area contributed by atoms with Crippen molar-refractivity contribution in [1.82, 2.24) is 4.57 Å². The van der Waals surface area contributed by atoms with E-state index in [1.807, 2.05) is 6.92 Å². The van der Waals surface area contributed by atoms with Gasteiger partial charge in [-0.25, -0.2) is 0 Å². The number of hydrogen-bond donors (Lipinski definition) is 0. The molecule has 0 aliphatic rings. The quantitative estimate of drug-likeness (QED) is 0.471. The summed E-state index contributed by atoms with van der Waals surface area (Å²) in [7, 11) is 1.27. The highest BCUT2D eigenvalue weighted by Crippen LogP contribution is 2.23. The molecule has 0 unspecified atom stereocenters. The first-order chi connectivity index (χ1) is 11.0. The molecule has 0 atom stereocenters. The summed E-state index contributed by atoms with van der Waals surface area (Å²) in [5.74, 6) is -0.792. The second-order valence-corrected chi connectivity index (χ2v) is 5.72. The topological polar surface area (TPSA) is 104 Å². The summed E-state index contributed by atoms with van der Waals surface area (Å²) < 4.78 is 6.76. The molecule has 1 aromatic heterocycles. The number of ether oxygens (including phenoxy) is 1. The minimum Gasteiger partial charge on any atom is -0.468 e. The maximum absolute atomic E-state index is 11.8. The van der Waals surface area contributed by atoms with Crippen molar-refractivity contribution in [2.75, 3.05) is 7.11 Å². The van der Waals surface area contributed by atoms with Crippen molar-refractivity contribution in [3.8, 4) is 0 Å². The van der Waals surface area contributed by atoms with Crippen molar-refractivity contribution in [2.45, 2.75) is 26.3 Å². The van der Waals surface area contributed by atoms with Crippen LogP contribution in [0.25, 0.3) is 10.2 Å². The lowest BCUT2D eigenvalue weighted by Crippen LogP contribution is -2.22. The van der Waals surface area contributed by atoms with Crippen LogP contribution in [0, 0.1) is 10.1 Å². The molecular weight excluding hydrogens is 322 g/mol. The van der Waals surface area contributed by atoms with E-state index < -0.39 is 10.9 Å². The van der Waals surface area contributed by atoms with Crippen LogP contribution in [0.2, 0.25) is 0 Å². The summed E-state index contributed by atoms with van der Waals surface area (Å²) in [4.78, 5) is 38.1. The Morgan fingerprint density at radius 2 is 2.17 bits per heavy atom. The van der Waals surface area contributed by atoms with Crippen molar-refractivity contribution in [3.05, 3.63) is 33.1 Å². The first-order valence-electron chi connectivity index (χ1n) is 6.88. The Balaban J connectivity index is 2.63. The summed E-state index contributed by atoms with van der Waals surface area (Å²) in [6.45, 7) is 1.75. The van der Waals surface area contributed by atoms with E-state index in [1.165, 1.54) is 29.9 Å². The zero-order chi connectivity index (χ0) is 17.0. The van der Waals surface area contributed by atoms with Crippen molar-refractivity contribution >= 4 is 39.1 Å². The third kappa shape index (κ3) is 3.81. The van der Waals surface area contributed by atoms with Gasteiger partial charge in [-0.05, 0) is 12.5 Å². The molecule has 0 aliphatic heterocycles. The summed E-state index contributed by atoms with van der Waals surface area (Å²) in [6.07, 6.45) is 0.961. The van der Waals surface area contributed by atoms with Gasteiger partial charge in [-0.15, -0.1) is 0 Å². The number of thiazole rings is 1. The van der Waals surface area contributed by atoms with Crippen LogP contribution in [0.3, 0.4) is 0 Å². The molecule has 0 radical (unpaired) electrons. The maximum atomic E-state index is 11.8. The zero-order valence-electron chi connectivity index (χ0n) is 12.6. The molecule has 23 heavy (non-hydrogen) atoms. The lowest BCUT2D eigenvalue weighted by Gasteiger charge is -2.03. The normalized spacial score (nSPS) is 11.7. The lowest BCUT2D eigenvalue weighted by molar-refractivity contribution is -0.384. The summed E-state index contributed by atoms with van der Waals surface area (Å²) >= 11 is 1.13. The largest absolute Gasteiger partial charge is 0.468 e. The predicted octanol–water partition coefficient (Wildman–Crippen LogP) is 2.01. The molecule has 2 aromatic rings. The Labute approximate surface area is 135 Å². The number of nitro groups is 1. The lowest BCUT2D eigenvalue weighted by atomic mass is 10.3. The van der Waals surface area contributed by atoms with Crippen LogP contribution in [-0.2, 0) is 20.9 Å². The van der Waals surface area contributed by atoms with E-state index in [0.29, 0.717) is 27.9 Å². The Kier molecular flexibility index (Phi) is 5.22. The minimum atomic E-state index is -0.497. The average Bonchev–Trinajstić information content (AvgIpc) is 2.84. The van der Waals surface area contributed by atoms with E-state index in [0.717, 1.165) is 11.3 Å². The highest BCUT2D eigenvalue weighted by molar-refractivity contribution is 7.16. The number of aromatic nitrogens is 1. The van der Waals surface area contributed by atoms with Crippen LogP contribution in [0.5, 0.6) is 0 Å². The first kappa shape index (κ1) is 16.8. The van der Waals surface area contributed by atoms with E-state index in [4.69, 9.17) is 0 Å². The number of carbonyl (C=O) groups excluding carboxylic acids is 2. The van der Waals surface area contributed by atoms with Gasteiger partial charge >= 0.3 is 5.97 Å². The van der Waals surface area contributed by atoms with E-state index in [9.17, 15) is 19.7 Å². The molecule has 0 saturated heterocycles. The molecule has 1 heterocycles. The van der Waals surface area contributed by atoms with Gasteiger partial charge in [0.05, 0.1) is 22.2 Å². The van der Waals surface area contributed by atoms with Gasteiger partial charge in [-0.3, -0.25) is 19.7 Å². The molecule has 0 aliphatic carbocycles. The van der Waals surface area contributed by atoms with Crippen LogP contribution in [0.15, 0.2) is 23.2 Å². The molecule has 1 aromatic carbocycles. The highest BCUT2D eigenvalue weighted by Gasteiger charge is 2.14. The van der Waals surface area contributed by atoms with Crippen LogP contribution < -0.4 is 4.80 Å². The van der Waals surface area contributed by atoms with E-state index >= 15 is 0 Å². The molecule has 9 heteroatoms. The fraction of sp³-hybridized carbons (Fsp3) is 0.357. The number of carbonyl (C=O) groups is 2. The van der Waals surface area contributed by atoms with Crippen LogP contribution >= 0.6 is 11.3 Å². The van der Waals surface area contributed by atoms with Crippen molar-refractivity contribution in [3.63, 3.8) is 0 Å². The molecule has 0 saturated carbocycles. The number of esters is 1. The van der Waals surface area contributed by atoms with Gasteiger partial charge in [0.15, 0.2) is 4.80 Å². The SMILES string of the molecule is CCCC(=O)N=c1sc2cc([N+](=O)[O-])ccc2n1CC(=O)OC. The van der Waals surface area contributed by atoms with Crippen LogP contribution in [0.1, 0.15) is 19.8 Å². The smallest absolute Gasteiger partial charge is 0.325 e. The number of methoxy groups -OCH3 is 1. The Morgan fingerprint density at radius 1 is 1.43 bits per heavy atom. The van der Waals surface area contributed by atoms with E-state index in [1.54, 1.807) is 0 Å². The fourth-order valence-electron chi connectivity index (χ4n) is 1.98. The van der Waals surface area contributed by atoms with Crippen molar-refractivity contribution < 1.29 is 19.2 Å². The van der Waals surface area contributed by atoms with Crippen molar-refractivity contribution in [2.24, 2.45) is 4.99 Å². The highest BCUT2D eigenvalue weighted by atomic mass is 32.1. The predicted molar refractivity (Wildman–Crippen MR) is 84.0 cm³/mol. The number of hydrogen-bond acceptors (Lipinski definition) is 6. The van der Waals surface area contributed by atoms with Gasteiger partial charge in [0, 0.05) is 18.6 Å². The second kappa shape index (κ2) is 7.14. The summed E-state index contributed by atoms with van der Waals surface area (Å²) in [6, 6.07) is 4.29. The number of amides is 1. The molecule has 1 amide bonds. The molecule has 0 fully saturated rings. The molecule has 8 nitrogen and oxygen atoms in total. The Morgan fingerprint density at radius 3 is 2.78 bits per heavy atom. The average molecular weight is 337 g/mol. The number of nitrogens with zero attached hydrogens (tertiary/aromatic N) is 3. The van der Waals surface area contributed by atoms with Crippen LogP contribution in [0.4, 0.5) is 5.69 Å². The molecular formula is C14H15N3O5S. The molecule has 2 rings (SSSR count). The molecule has 0 bridgehead atoms. The monoisotopic (exact) mass is 337 g/mol. The van der Waals surface area contributed by atoms with Gasteiger partial charge in [0.1, 0.15) is 6.54 Å². The van der Waals surface area contributed by atoms with E-state index in [2.05, 4.69) is 9.73 Å². The zero-order valence-corrected chi connectivity index (χ0v) is 13.5. The first-order valence-corrected chi connectivity index (χ1v) is 7.70. The minimum absolute atomic E-state index is 0.0598.